The molecule has 0 radical (unpaired) electrons. The van der Waals surface area contributed by atoms with Gasteiger partial charge < -0.3 is 4.74 Å². The van der Waals surface area contributed by atoms with Crippen LogP contribution in [0.25, 0.3) is 0 Å². The van der Waals surface area contributed by atoms with Gasteiger partial charge in [0.05, 0.1) is 11.8 Å². The van der Waals surface area contributed by atoms with Crippen molar-refractivity contribution in [3.8, 4) is 0 Å². The first-order valence-corrected chi connectivity index (χ1v) is 7.70. The lowest BCUT2D eigenvalue weighted by molar-refractivity contribution is -0.0734. The number of ether oxygens (including phenoxy) is 1. The summed E-state index contributed by atoms with van der Waals surface area (Å²) in [5.74, 6) is 1.56. The van der Waals surface area contributed by atoms with E-state index in [-0.39, 0.29) is 17.3 Å². The van der Waals surface area contributed by atoms with E-state index >= 15 is 0 Å². The lowest BCUT2D eigenvalue weighted by Gasteiger charge is -2.37. The van der Waals surface area contributed by atoms with Gasteiger partial charge in [0, 0.05) is 30.0 Å². The monoisotopic (exact) mass is 281 g/mol. The van der Waals surface area contributed by atoms with Crippen LogP contribution < -0.4 is 0 Å². The Balaban J connectivity index is 1.76. The number of ketones is 1. The van der Waals surface area contributed by atoms with E-state index < -0.39 is 5.82 Å². The quantitative estimate of drug-likeness (QED) is 0.781. The topological polar surface area (TPSA) is 39.2 Å². The van der Waals surface area contributed by atoms with E-state index in [1.807, 2.05) is 11.8 Å². The number of halogens is 1. The second kappa shape index (κ2) is 5.21. The molecule has 2 atom stereocenters. The third-order valence-corrected chi connectivity index (χ3v) is 5.14. The standard InChI is InChI=1S/C14H16FNO2S/c15-12-5-11(7-16-8-12)13(17)10-1-3-18-14(6-10)2-4-19-9-14/h5,7-8,10H,1-4,6,9H2. The highest BCUT2D eigenvalue weighted by molar-refractivity contribution is 7.99. The van der Waals surface area contributed by atoms with Crippen molar-refractivity contribution >= 4 is 17.5 Å². The maximum Gasteiger partial charge on any atom is 0.167 e. The fraction of sp³-hybridized carbons (Fsp3) is 0.571. The van der Waals surface area contributed by atoms with Gasteiger partial charge in [-0.15, -0.1) is 0 Å². The summed E-state index contributed by atoms with van der Waals surface area (Å²) < 4.78 is 19.1. The minimum absolute atomic E-state index is 0.00609. The van der Waals surface area contributed by atoms with E-state index in [9.17, 15) is 9.18 Å². The molecular weight excluding hydrogens is 265 g/mol. The molecule has 0 amide bonds. The number of hydrogen-bond acceptors (Lipinski definition) is 4. The van der Waals surface area contributed by atoms with E-state index in [0.717, 1.165) is 37.0 Å². The molecule has 0 aromatic carbocycles. The molecule has 0 aliphatic carbocycles. The largest absolute Gasteiger partial charge is 0.374 e. The summed E-state index contributed by atoms with van der Waals surface area (Å²) in [6.45, 7) is 0.625. The Morgan fingerprint density at radius 3 is 3.16 bits per heavy atom. The van der Waals surface area contributed by atoms with Crippen molar-refractivity contribution in [2.45, 2.75) is 24.9 Å². The van der Waals surface area contributed by atoms with Crippen molar-refractivity contribution in [1.29, 1.82) is 0 Å². The second-order valence-corrected chi connectivity index (χ2v) is 6.39. The van der Waals surface area contributed by atoms with Crippen molar-refractivity contribution < 1.29 is 13.9 Å². The van der Waals surface area contributed by atoms with Gasteiger partial charge in [-0.25, -0.2) is 4.39 Å². The molecule has 1 spiro atoms. The predicted molar refractivity (Wildman–Crippen MR) is 71.9 cm³/mol. The number of Topliss-reactive ketones (excluding diaryl/α,β-unsaturated/α-hetero) is 1. The van der Waals surface area contributed by atoms with Crippen LogP contribution in [-0.2, 0) is 4.74 Å². The van der Waals surface area contributed by atoms with E-state index in [2.05, 4.69) is 4.98 Å². The Hall–Kier alpha value is -0.940. The van der Waals surface area contributed by atoms with Gasteiger partial charge in [-0.2, -0.15) is 11.8 Å². The van der Waals surface area contributed by atoms with Gasteiger partial charge in [-0.3, -0.25) is 9.78 Å². The molecule has 5 heteroatoms. The molecule has 3 nitrogen and oxygen atoms in total. The van der Waals surface area contributed by atoms with Crippen molar-refractivity contribution in [3.63, 3.8) is 0 Å². The molecule has 2 unspecified atom stereocenters. The fourth-order valence-electron chi connectivity index (χ4n) is 2.90. The number of carbonyl (C=O) groups excluding carboxylic acids is 1. The zero-order valence-electron chi connectivity index (χ0n) is 10.6. The van der Waals surface area contributed by atoms with Crippen LogP contribution in [0, 0.1) is 11.7 Å². The van der Waals surface area contributed by atoms with Crippen molar-refractivity contribution in [3.05, 3.63) is 29.8 Å². The fourth-order valence-corrected chi connectivity index (χ4v) is 4.28. The zero-order chi connectivity index (χ0) is 13.3. The average molecular weight is 281 g/mol. The Kier molecular flexibility index (Phi) is 3.58. The molecule has 2 fully saturated rings. The maximum atomic E-state index is 13.1. The minimum Gasteiger partial charge on any atom is -0.374 e. The molecule has 2 aliphatic rings. The van der Waals surface area contributed by atoms with Crippen LogP contribution in [-0.4, -0.2) is 34.5 Å². The van der Waals surface area contributed by atoms with Gasteiger partial charge in [-0.05, 0) is 31.1 Å². The highest BCUT2D eigenvalue weighted by atomic mass is 32.2. The molecular formula is C14H16FNO2S. The van der Waals surface area contributed by atoms with Crippen LogP contribution in [0.2, 0.25) is 0 Å². The third kappa shape index (κ3) is 2.67. The SMILES string of the molecule is O=C(c1cncc(F)c1)C1CCOC2(CCSC2)C1. The van der Waals surface area contributed by atoms with Crippen LogP contribution in [0.3, 0.4) is 0 Å². The summed E-state index contributed by atoms with van der Waals surface area (Å²) in [6.07, 6.45) is 5.08. The Morgan fingerprint density at radius 2 is 2.42 bits per heavy atom. The van der Waals surface area contributed by atoms with E-state index in [4.69, 9.17) is 4.74 Å². The smallest absolute Gasteiger partial charge is 0.167 e. The third-order valence-electron chi connectivity index (χ3n) is 3.92. The molecule has 102 valence electrons. The van der Waals surface area contributed by atoms with E-state index in [1.54, 1.807) is 0 Å². The normalized spacial score (nSPS) is 30.7. The molecule has 2 aliphatic heterocycles. The van der Waals surface area contributed by atoms with Crippen molar-refractivity contribution in [1.82, 2.24) is 4.98 Å². The molecule has 2 saturated heterocycles. The lowest BCUT2D eigenvalue weighted by atomic mass is 9.81. The van der Waals surface area contributed by atoms with Gasteiger partial charge in [0.1, 0.15) is 5.82 Å². The average Bonchev–Trinajstić information content (AvgIpc) is 2.86. The number of aromatic nitrogens is 1. The van der Waals surface area contributed by atoms with Crippen molar-refractivity contribution in [2.24, 2.45) is 5.92 Å². The van der Waals surface area contributed by atoms with Crippen LogP contribution >= 0.6 is 11.8 Å². The summed E-state index contributed by atoms with van der Waals surface area (Å²) in [4.78, 5) is 16.2. The summed E-state index contributed by atoms with van der Waals surface area (Å²) in [5.41, 5.74) is 0.261. The predicted octanol–water partition coefficient (Wildman–Crippen LogP) is 2.71. The van der Waals surface area contributed by atoms with Crippen LogP contribution in [0.5, 0.6) is 0 Å². The van der Waals surface area contributed by atoms with Gasteiger partial charge in [-0.1, -0.05) is 0 Å². The molecule has 0 N–H and O–H groups in total. The Bertz CT molecular complexity index is 488. The number of hydrogen-bond donors (Lipinski definition) is 0. The summed E-state index contributed by atoms with van der Waals surface area (Å²) in [5, 5.41) is 0. The van der Waals surface area contributed by atoms with Gasteiger partial charge in [0.25, 0.3) is 0 Å². The molecule has 0 bridgehead atoms. The zero-order valence-corrected chi connectivity index (χ0v) is 11.4. The first-order chi connectivity index (χ1) is 9.19. The molecule has 1 aromatic heterocycles. The number of thioether (sulfide) groups is 1. The number of nitrogens with zero attached hydrogens (tertiary/aromatic N) is 1. The van der Waals surface area contributed by atoms with Gasteiger partial charge >= 0.3 is 0 Å². The lowest BCUT2D eigenvalue weighted by Crippen LogP contribution is -2.42. The number of rotatable bonds is 2. The molecule has 1 aromatic rings. The molecule has 0 saturated carbocycles. The van der Waals surface area contributed by atoms with Gasteiger partial charge in [0.15, 0.2) is 5.78 Å². The highest BCUT2D eigenvalue weighted by Gasteiger charge is 2.42. The minimum atomic E-state index is -0.455. The maximum absolute atomic E-state index is 13.1. The van der Waals surface area contributed by atoms with Crippen LogP contribution in [0.4, 0.5) is 4.39 Å². The summed E-state index contributed by atoms with van der Waals surface area (Å²) in [6, 6.07) is 1.28. The van der Waals surface area contributed by atoms with Gasteiger partial charge in [0.2, 0.25) is 0 Å². The Labute approximate surface area is 115 Å². The van der Waals surface area contributed by atoms with Crippen LogP contribution in [0.15, 0.2) is 18.5 Å². The number of pyridine rings is 1. The summed E-state index contributed by atoms with van der Waals surface area (Å²) >= 11 is 1.88. The first kappa shape index (κ1) is 13.1. The highest BCUT2D eigenvalue weighted by Crippen LogP contribution is 2.41. The Morgan fingerprint density at radius 1 is 1.53 bits per heavy atom. The van der Waals surface area contributed by atoms with E-state index in [1.165, 1.54) is 12.3 Å². The molecule has 3 rings (SSSR count). The van der Waals surface area contributed by atoms with Crippen molar-refractivity contribution in [2.75, 3.05) is 18.1 Å². The second-order valence-electron chi connectivity index (χ2n) is 5.28. The number of carbonyl (C=O) groups is 1. The van der Waals surface area contributed by atoms with E-state index in [0.29, 0.717) is 12.2 Å². The summed E-state index contributed by atoms with van der Waals surface area (Å²) in [7, 11) is 0. The van der Waals surface area contributed by atoms with Crippen LogP contribution in [0.1, 0.15) is 29.6 Å². The first-order valence-electron chi connectivity index (χ1n) is 6.55. The molecule has 3 heterocycles. The molecule has 19 heavy (non-hydrogen) atoms.